The summed E-state index contributed by atoms with van der Waals surface area (Å²) >= 11 is 0. The van der Waals surface area contributed by atoms with Gasteiger partial charge in [-0.15, -0.1) is 5.92 Å². The van der Waals surface area contributed by atoms with E-state index in [-0.39, 0.29) is 25.1 Å². The standard InChI is InChI=1S/C21H32O4/c1-17(16-24-21-11-7-9-13-23-21)14-19-15-18(2)20(25-19)10-6-4-3-5-8-12-22/h14-15,19-22H,3-4,6-7,9-13,16H2,1-2H3/b17-14+/t19-,20-,21?/m1/s1. The maximum absolute atomic E-state index is 8.62. The Labute approximate surface area is 152 Å². The fourth-order valence-electron chi connectivity index (χ4n) is 3.17. The zero-order valence-electron chi connectivity index (χ0n) is 15.6. The third-order valence-electron chi connectivity index (χ3n) is 4.56. The summed E-state index contributed by atoms with van der Waals surface area (Å²) in [5.41, 5.74) is 2.50. The normalized spacial score (nSPS) is 26.9. The van der Waals surface area contributed by atoms with Crippen LogP contribution < -0.4 is 0 Å². The van der Waals surface area contributed by atoms with Gasteiger partial charge in [-0.1, -0.05) is 18.1 Å². The van der Waals surface area contributed by atoms with E-state index in [0.717, 1.165) is 45.1 Å². The van der Waals surface area contributed by atoms with Crippen molar-refractivity contribution in [2.75, 3.05) is 19.8 Å². The number of unbranched alkanes of at least 4 members (excludes halogenated alkanes) is 2. The lowest BCUT2D eigenvalue weighted by atomic mass is 10.1. The lowest BCUT2D eigenvalue weighted by Gasteiger charge is -2.23. The first kappa shape index (κ1) is 20.2. The monoisotopic (exact) mass is 348 g/mol. The summed E-state index contributed by atoms with van der Waals surface area (Å²) in [5.74, 6) is 5.64. The Balaban J connectivity index is 1.66. The van der Waals surface area contributed by atoms with Crippen molar-refractivity contribution in [3.05, 3.63) is 23.3 Å². The predicted molar refractivity (Wildman–Crippen MR) is 99.0 cm³/mol. The maximum atomic E-state index is 8.62. The summed E-state index contributed by atoms with van der Waals surface area (Å²) in [4.78, 5) is 0. The van der Waals surface area contributed by atoms with Gasteiger partial charge in [0.05, 0.1) is 18.8 Å². The van der Waals surface area contributed by atoms with E-state index in [1.54, 1.807) is 0 Å². The molecular weight excluding hydrogens is 316 g/mol. The zero-order valence-corrected chi connectivity index (χ0v) is 15.6. The van der Waals surface area contributed by atoms with Crippen molar-refractivity contribution < 1.29 is 19.3 Å². The number of aliphatic hydroxyl groups excluding tert-OH is 1. The third kappa shape index (κ3) is 7.75. The summed E-state index contributed by atoms with van der Waals surface area (Å²) in [7, 11) is 0. The zero-order chi connectivity index (χ0) is 17.9. The fourth-order valence-corrected chi connectivity index (χ4v) is 3.17. The van der Waals surface area contributed by atoms with Crippen LogP contribution in [0.3, 0.4) is 0 Å². The molecule has 140 valence electrons. The highest BCUT2D eigenvalue weighted by atomic mass is 16.7. The minimum absolute atomic E-state index is 0.0412. The van der Waals surface area contributed by atoms with E-state index in [4.69, 9.17) is 19.3 Å². The summed E-state index contributed by atoms with van der Waals surface area (Å²) < 4.78 is 17.6. The van der Waals surface area contributed by atoms with Gasteiger partial charge in [-0.05, 0) is 63.5 Å². The molecule has 4 heteroatoms. The molecule has 3 atom stereocenters. The molecule has 1 saturated heterocycles. The van der Waals surface area contributed by atoms with Crippen molar-refractivity contribution in [2.24, 2.45) is 0 Å². The van der Waals surface area contributed by atoms with Crippen LogP contribution >= 0.6 is 0 Å². The van der Waals surface area contributed by atoms with Crippen LogP contribution in [0.15, 0.2) is 23.3 Å². The number of hydrogen-bond acceptors (Lipinski definition) is 4. The fraction of sp³-hybridized carbons (Fsp3) is 0.714. The molecular formula is C21H32O4. The van der Waals surface area contributed by atoms with Gasteiger partial charge in [0.2, 0.25) is 0 Å². The molecule has 25 heavy (non-hydrogen) atoms. The summed E-state index contributed by atoms with van der Waals surface area (Å²) in [6.45, 7) is 5.60. The van der Waals surface area contributed by atoms with Crippen LogP contribution in [0.5, 0.6) is 0 Å². The molecule has 0 aromatic rings. The third-order valence-corrected chi connectivity index (χ3v) is 4.56. The Morgan fingerprint density at radius 1 is 1.36 bits per heavy atom. The topological polar surface area (TPSA) is 47.9 Å². The molecule has 0 aromatic heterocycles. The molecule has 0 spiro atoms. The number of ether oxygens (including phenoxy) is 3. The Morgan fingerprint density at radius 3 is 3.00 bits per heavy atom. The molecule has 0 radical (unpaired) electrons. The van der Waals surface area contributed by atoms with Crippen LogP contribution in [0.4, 0.5) is 0 Å². The lowest BCUT2D eigenvalue weighted by Crippen LogP contribution is -2.23. The molecule has 2 aliphatic rings. The van der Waals surface area contributed by atoms with E-state index in [0.29, 0.717) is 6.61 Å². The molecule has 1 fully saturated rings. The van der Waals surface area contributed by atoms with Crippen molar-refractivity contribution in [1.82, 2.24) is 0 Å². The van der Waals surface area contributed by atoms with E-state index < -0.39 is 0 Å². The number of rotatable bonds is 8. The second kappa shape index (κ2) is 11.5. The van der Waals surface area contributed by atoms with Crippen LogP contribution in [0.25, 0.3) is 0 Å². The molecule has 0 aliphatic carbocycles. The Kier molecular flexibility index (Phi) is 9.28. The highest BCUT2D eigenvalue weighted by Crippen LogP contribution is 2.25. The van der Waals surface area contributed by atoms with Crippen molar-refractivity contribution in [3.63, 3.8) is 0 Å². The van der Waals surface area contributed by atoms with Crippen LogP contribution in [-0.2, 0) is 14.2 Å². The minimum atomic E-state index is -0.0441. The second-order valence-corrected chi connectivity index (χ2v) is 6.88. The van der Waals surface area contributed by atoms with Crippen LogP contribution in [0.2, 0.25) is 0 Å². The van der Waals surface area contributed by atoms with Gasteiger partial charge in [-0.25, -0.2) is 0 Å². The Bertz CT molecular complexity index is 506. The predicted octanol–water partition coefficient (Wildman–Crippen LogP) is 3.75. The molecule has 0 amide bonds. The van der Waals surface area contributed by atoms with Crippen LogP contribution in [-0.4, -0.2) is 43.4 Å². The number of aliphatic hydroxyl groups is 1. The van der Waals surface area contributed by atoms with Gasteiger partial charge in [-0.3, -0.25) is 0 Å². The molecule has 0 aromatic carbocycles. The van der Waals surface area contributed by atoms with Crippen molar-refractivity contribution >= 4 is 0 Å². The molecule has 2 rings (SSSR count). The molecule has 1 N–H and O–H groups in total. The lowest BCUT2D eigenvalue weighted by molar-refractivity contribution is -0.156. The van der Waals surface area contributed by atoms with E-state index in [9.17, 15) is 0 Å². The molecule has 2 heterocycles. The average molecular weight is 348 g/mol. The molecule has 4 nitrogen and oxygen atoms in total. The van der Waals surface area contributed by atoms with Crippen molar-refractivity contribution in [2.45, 2.75) is 77.3 Å². The van der Waals surface area contributed by atoms with Gasteiger partial charge in [-0.2, -0.15) is 0 Å². The molecule has 0 bridgehead atoms. The largest absolute Gasteiger partial charge is 0.384 e. The van der Waals surface area contributed by atoms with E-state index in [2.05, 4.69) is 37.8 Å². The second-order valence-electron chi connectivity index (χ2n) is 6.88. The summed E-state index contributed by atoms with van der Waals surface area (Å²) in [6, 6.07) is 0. The molecule has 0 saturated carbocycles. The first-order chi connectivity index (χ1) is 12.2. The molecule has 1 unspecified atom stereocenters. The van der Waals surface area contributed by atoms with E-state index in [1.165, 1.54) is 17.6 Å². The van der Waals surface area contributed by atoms with Gasteiger partial charge in [0.25, 0.3) is 0 Å². The van der Waals surface area contributed by atoms with E-state index in [1.807, 2.05) is 0 Å². The quantitative estimate of drug-likeness (QED) is 0.412. The Hall–Kier alpha value is -1.12. The summed E-state index contributed by atoms with van der Waals surface area (Å²) in [6.07, 6.45) is 11.9. The number of hydrogen-bond donors (Lipinski definition) is 1. The summed E-state index contributed by atoms with van der Waals surface area (Å²) in [5, 5.41) is 8.62. The highest BCUT2D eigenvalue weighted by Gasteiger charge is 2.22. The Morgan fingerprint density at radius 2 is 2.24 bits per heavy atom. The minimum Gasteiger partial charge on any atom is -0.384 e. The van der Waals surface area contributed by atoms with Gasteiger partial charge in [0.15, 0.2) is 6.29 Å². The van der Waals surface area contributed by atoms with Gasteiger partial charge in [0.1, 0.15) is 6.61 Å². The van der Waals surface area contributed by atoms with Gasteiger partial charge < -0.3 is 19.3 Å². The molecule has 2 aliphatic heterocycles. The van der Waals surface area contributed by atoms with Crippen LogP contribution in [0, 0.1) is 11.8 Å². The maximum Gasteiger partial charge on any atom is 0.158 e. The smallest absolute Gasteiger partial charge is 0.158 e. The first-order valence-electron chi connectivity index (χ1n) is 9.50. The van der Waals surface area contributed by atoms with Crippen LogP contribution in [0.1, 0.15) is 58.8 Å². The van der Waals surface area contributed by atoms with E-state index >= 15 is 0 Å². The SMILES string of the molecule is CC1=C[C@@H](/C=C(\C)COC2CCCCO2)O[C@@H]1CCCCC#CCO. The first-order valence-corrected chi connectivity index (χ1v) is 9.50. The van der Waals surface area contributed by atoms with Crippen molar-refractivity contribution in [1.29, 1.82) is 0 Å². The van der Waals surface area contributed by atoms with Gasteiger partial charge in [0, 0.05) is 13.0 Å². The van der Waals surface area contributed by atoms with Gasteiger partial charge >= 0.3 is 0 Å². The highest BCUT2D eigenvalue weighted by molar-refractivity contribution is 5.20. The average Bonchev–Trinajstić information content (AvgIpc) is 2.96. The van der Waals surface area contributed by atoms with Crippen molar-refractivity contribution in [3.8, 4) is 11.8 Å².